The van der Waals surface area contributed by atoms with Gasteiger partial charge in [-0.25, -0.2) is 9.50 Å². The summed E-state index contributed by atoms with van der Waals surface area (Å²) in [6.07, 6.45) is 8.83. The number of carbonyl (C=O) groups excluding carboxylic acids is 1. The molecule has 128 valence electrons. The lowest BCUT2D eigenvalue weighted by atomic mass is 10.2. The van der Waals surface area contributed by atoms with Gasteiger partial charge in [-0.15, -0.1) is 5.10 Å². The molecule has 4 heterocycles. The van der Waals surface area contributed by atoms with E-state index >= 15 is 0 Å². The average Bonchev–Trinajstić information content (AvgIpc) is 3.30. The lowest BCUT2D eigenvalue weighted by Gasteiger charge is -2.24. The predicted molar refractivity (Wildman–Crippen MR) is 88.7 cm³/mol. The van der Waals surface area contributed by atoms with Crippen molar-refractivity contribution in [2.45, 2.75) is 25.5 Å². The molecule has 1 aliphatic heterocycles. The van der Waals surface area contributed by atoms with Crippen LogP contribution in [0.5, 0.6) is 0 Å². The van der Waals surface area contributed by atoms with E-state index in [-0.39, 0.29) is 17.8 Å². The molecule has 0 spiro atoms. The van der Waals surface area contributed by atoms with E-state index < -0.39 is 0 Å². The normalized spacial score (nSPS) is 17.0. The van der Waals surface area contributed by atoms with Crippen molar-refractivity contribution in [1.29, 1.82) is 0 Å². The highest BCUT2D eigenvalue weighted by atomic mass is 16.5. The van der Waals surface area contributed by atoms with Gasteiger partial charge in [-0.05, 0) is 36.6 Å². The Labute approximate surface area is 144 Å². The van der Waals surface area contributed by atoms with E-state index in [0.717, 1.165) is 25.0 Å². The molecule has 1 amide bonds. The number of hydrogen-bond donors (Lipinski definition) is 0. The molecule has 1 fully saturated rings. The van der Waals surface area contributed by atoms with Crippen LogP contribution in [0.1, 0.15) is 29.0 Å². The molecule has 3 aromatic rings. The van der Waals surface area contributed by atoms with Gasteiger partial charge in [-0.1, -0.05) is 0 Å². The average molecular weight is 338 g/mol. The van der Waals surface area contributed by atoms with Gasteiger partial charge in [0, 0.05) is 44.5 Å². The van der Waals surface area contributed by atoms with E-state index in [0.29, 0.717) is 18.9 Å². The highest BCUT2D eigenvalue weighted by Crippen LogP contribution is 2.16. The molecule has 0 unspecified atom stereocenters. The highest BCUT2D eigenvalue weighted by Gasteiger charge is 2.26. The minimum atomic E-state index is -0.224. The van der Waals surface area contributed by atoms with Gasteiger partial charge in [0.1, 0.15) is 0 Å². The van der Waals surface area contributed by atoms with Crippen molar-refractivity contribution in [2.24, 2.45) is 0 Å². The summed E-state index contributed by atoms with van der Waals surface area (Å²) in [6, 6.07) is 5.54. The van der Waals surface area contributed by atoms with Gasteiger partial charge < -0.3 is 9.64 Å². The third kappa shape index (κ3) is 3.48. The Bertz CT molecular complexity index is 827. The first-order valence-electron chi connectivity index (χ1n) is 8.27. The number of rotatable bonds is 5. The molecule has 25 heavy (non-hydrogen) atoms. The van der Waals surface area contributed by atoms with E-state index in [1.807, 2.05) is 12.1 Å². The number of pyridine rings is 1. The maximum atomic E-state index is 13.0. The molecule has 0 aromatic carbocycles. The summed E-state index contributed by atoms with van der Waals surface area (Å²) >= 11 is 0. The van der Waals surface area contributed by atoms with E-state index in [4.69, 9.17) is 4.74 Å². The molecule has 8 heteroatoms. The van der Waals surface area contributed by atoms with Crippen LogP contribution in [0.3, 0.4) is 0 Å². The van der Waals surface area contributed by atoms with E-state index in [2.05, 4.69) is 20.1 Å². The van der Waals surface area contributed by atoms with Gasteiger partial charge in [0.2, 0.25) is 5.82 Å². The molecule has 1 saturated heterocycles. The summed E-state index contributed by atoms with van der Waals surface area (Å²) in [5.41, 5.74) is 1.00. The van der Waals surface area contributed by atoms with Crippen LogP contribution in [0.2, 0.25) is 0 Å². The fourth-order valence-corrected chi connectivity index (χ4v) is 2.93. The van der Waals surface area contributed by atoms with Crippen LogP contribution < -0.4 is 0 Å². The van der Waals surface area contributed by atoms with Crippen molar-refractivity contribution in [2.75, 3.05) is 13.2 Å². The maximum absolute atomic E-state index is 13.0. The van der Waals surface area contributed by atoms with Crippen LogP contribution in [-0.2, 0) is 11.3 Å². The fourth-order valence-electron chi connectivity index (χ4n) is 2.93. The van der Waals surface area contributed by atoms with E-state index in [9.17, 15) is 4.79 Å². The second kappa shape index (κ2) is 6.94. The van der Waals surface area contributed by atoms with Crippen LogP contribution in [-0.4, -0.2) is 54.6 Å². The lowest BCUT2D eigenvalue weighted by molar-refractivity contribution is 0.0498. The summed E-state index contributed by atoms with van der Waals surface area (Å²) in [5.74, 6) is 0.329. The number of fused-ring (bicyclic) bond motifs is 1. The third-order valence-corrected chi connectivity index (χ3v) is 4.17. The quantitative estimate of drug-likeness (QED) is 0.698. The third-order valence-electron chi connectivity index (χ3n) is 4.17. The SMILES string of the molecule is O=C(c1nc2ncccn2n1)N(Cc1ccncc1)C[C@H]1CCCO1. The Morgan fingerprint density at radius 2 is 2.20 bits per heavy atom. The fraction of sp³-hybridized carbons (Fsp3) is 0.353. The van der Waals surface area contributed by atoms with Crippen LogP contribution in [0.15, 0.2) is 43.0 Å². The monoisotopic (exact) mass is 338 g/mol. The molecular weight excluding hydrogens is 320 g/mol. The number of amides is 1. The summed E-state index contributed by atoms with van der Waals surface area (Å²) in [5, 5.41) is 4.25. The number of ether oxygens (including phenoxy) is 1. The van der Waals surface area contributed by atoms with Crippen LogP contribution in [0.4, 0.5) is 0 Å². The number of nitrogens with zero attached hydrogens (tertiary/aromatic N) is 6. The summed E-state index contributed by atoms with van der Waals surface area (Å²) in [7, 11) is 0. The topological polar surface area (TPSA) is 85.5 Å². The molecule has 1 aliphatic rings. The highest BCUT2D eigenvalue weighted by molar-refractivity contribution is 5.90. The maximum Gasteiger partial charge on any atom is 0.293 e. The van der Waals surface area contributed by atoms with Crippen molar-refractivity contribution in [1.82, 2.24) is 29.5 Å². The molecule has 3 aromatic heterocycles. The summed E-state index contributed by atoms with van der Waals surface area (Å²) in [4.78, 5) is 27.1. The second-order valence-corrected chi connectivity index (χ2v) is 5.98. The number of carbonyl (C=O) groups is 1. The molecule has 4 rings (SSSR count). The number of hydrogen-bond acceptors (Lipinski definition) is 6. The largest absolute Gasteiger partial charge is 0.376 e. The number of aromatic nitrogens is 5. The Hall–Kier alpha value is -2.87. The smallest absolute Gasteiger partial charge is 0.293 e. The van der Waals surface area contributed by atoms with Crippen LogP contribution in [0, 0.1) is 0 Å². The van der Waals surface area contributed by atoms with Gasteiger partial charge >= 0.3 is 0 Å². The van der Waals surface area contributed by atoms with Gasteiger partial charge in [-0.3, -0.25) is 9.78 Å². The Balaban J connectivity index is 1.59. The summed E-state index contributed by atoms with van der Waals surface area (Å²) in [6.45, 7) is 1.73. The Kier molecular flexibility index (Phi) is 4.34. The van der Waals surface area contributed by atoms with Crippen molar-refractivity contribution >= 4 is 11.7 Å². The van der Waals surface area contributed by atoms with Crippen molar-refractivity contribution in [3.05, 3.63) is 54.4 Å². The first-order chi connectivity index (χ1) is 12.3. The molecule has 0 radical (unpaired) electrons. The van der Waals surface area contributed by atoms with Gasteiger partial charge in [0.05, 0.1) is 6.10 Å². The minimum Gasteiger partial charge on any atom is -0.376 e. The van der Waals surface area contributed by atoms with E-state index in [1.54, 1.807) is 35.8 Å². The minimum absolute atomic E-state index is 0.0564. The molecular formula is C17H18N6O2. The zero-order chi connectivity index (χ0) is 17.1. The predicted octanol–water partition coefficient (Wildman–Crippen LogP) is 1.34. The standard InChI is InChI=1S/C17H18N6O2/c24-16(15-20-17-19-6-2-9-23(17)21-15)22(12-14-3-1-10-25-14)11-13-4-7-18-8-5-13/h2,4-9,14H,1,3,10-12H2/t14-/m1/s1. The van der Waals surface area contributed by atoms with Crippen molar-refractivity contribution < 1.29 is 9.53 Å². The van der Waals surface area contributed by atoms with Crippen molar-refractivity contribution in [3.8, 4) is 0 Å². The summed E-state index contributed by atoms with van der Waals surface area (Å²) < 4.78 is 7.21. The van der Waals surface area contributed by atoms with Gasteiger partial charge in [0.15, 0.2) is 0 Å². The lowest BCUT2D eigenvalue weighted by Crippen LogP contribution is -2.37. The van der Waals surface area contributed by atoms with Crippen LogP contribution >= 0.6 is 0 Å². The molecule has 0 saturated carbocycles. The first kappa shape index (κ1) is 15.6. The Morgan fingerprint density at radius 3 is 2.96 bits per heavy atom. The second-order valence-electron chi connectivity index (χ2n) is 5.98. The molecule has 0 bridgehead atoms. The van der Waals surface area contributed by atoms with E-state index in [1.165, 1.54) is 4.52 Å². The molecule has 8 nitrogen and oxygen atoms in total. The van der Waals surface area contributed by atoms with Crippen molar-refractivity contribution in [3.63, 3.8) is 0 Å². The molecule has 1 atom stereocenters. The van der Waals surface area contributed by atoms with Gasteiger partial charge in [0.25, 0.3) is 11.7 Å². The Morgan fingerprint density at radius 1 is 1.32 bits per heavy atom. The molecule has 0 N–H and O–H groups in total. The van der Waals surface area contributed by atoms with Gasteiger partial charge in [-0.2, -0.15) is 4.98 Å². The zero-order valence-electron chi connectivity index (χ0n) is 13.7. The zero-order valence-corrected chi connectivity index (χ0v) is 13.7. The first-order valence-corrected chi connectivity index (χ1v) is 8.27. The van der Waals surface area contributed by atoms with Crippen LogP contribution in [0.25, 0.3) is 5.78 Å². The molecule has 0 aliphatic carbocycles.